The number of rotatable bonds is 8. The Hall–Kier alpha value is -0.640. The SMILES string of the molecule is CCN(CC)C(CC)(CC)C(O)Cc1cccc(F)c1Cl. The van der Waals surface area contributed by atoms with Gasteiger partial charge in [-0.3, -0.25) is 4.90 Å². The molecule has 0 bridgehead atoms. The summed E-state index contributed by atoms with van der Waals surface area (Å²) in [7, 11) is 0. The van der Waals surface area contributed by atoms with Gasteiger partial charge in [-0.05, 0) is 37.6 Å². The van der Waals surface area contributed by atoms with Gasteiger partial charge in [0.2, 0.25) is 0 Å². The van der Waals surface area contributed by atoms with E-state index < -0.39 is 11.9 Å². The summed E-state index contributed by atoms with van der Waals surface area (Å²) in [6, 6.07) is 4.77. The van der Waals surface area contributed by atoms with E-state index in [2.05, 4.69) is 32.6 Å². The predicted molar refractivity (Wildman–Crippen MR) is 87.4 cm³/mol. The Morgan fingerprint density at radius 2 is 1.76 bits per heavy atom. The van der Waals surface area contributed by atoms with Crippen molar-refractivity contribution in [2.45, 2.75) is 58.6 Å². The molecular formula is C17H27ClFNO. The molecule has 0 saturated heterocycles. The van der Waals surface area contributed by atoms with Crippen LogP contribution in [-0.4, -0.2) is 34.7 Å². The van der Waals surface area contributed by atoms with Crippen molar-refractivity contribution in [2.24, 2.45) is 0 Å². The molecule has 0 saturated carbocycles. The molecule has 0 amide bonds. The van der Waals surface area contributed by atoms with Crippen LogP contribution in [0, 0.1) is 5.82 Å². The molecule has 2 nitrogen and oxygen atoms in total. The van der Waals surface area contributed by atoms with Crippen molar-refractivity contribution in [1.82, 2.24) is 4.90 Å². The van der Waals surface area contributed by atoms with Gasteiger partial charge >= 0.3 is 0 Å². The van der Waals surface area contributed by atoms with Crippen molar-refractivity contribution in [3.63, 3.8) is 0 Å². The van der Waals surface area contributed by atoms with Gasteiger partial charge in [-0.2, -0.15) is 0 Å². The highest BCUT2D eigenvalue weighted by Crippen LogP contribution is 2.31. The number of hydrogen-bond acceptors (Lipinski definition) is 2. The second kappa shape index (κ2) is 8.11. The maximum Gasteiger partial charge on any atom is 0.142 e. The normalized spacial score (nSPS) is 13.7. The third-order valence-corrected chi connectivity index (χ3v) is 5.11. The lowest BCUT2D eigenvalue weighted by Gasteiger charge is -2.46. The highest BCUT2D eigenvalue weighted by atomic mass is 35.5. The van der Waals surface area contributed by atoms with E-state index in [4.69, 9.17) is 11.6 Å². The molecule has 0 fully saturated rings. The largest absolute Gasteiger partial charge is 0.391 e. The molecule has 0 spiro atoms. The topological polar surface area (TPSA) is 23.5 Å². The Kier molecular flexibility index (Phi) is 7.11. The van der Waals surface area contributed by atoms with Crippen LogP contribution in [0.1, 0.15) is 46.1 Å². The lowest BCUT2D eigenvalue weighted by molar-refractivity contribution is -0.0341. The van der Waals surface area contributed by atoms with Gasteiger partial charge in [-0.25, -0.2) is 4.39 Å². The quantitative estimate of drug-likeness (QED) is 0.774. The van der Waals surface area contributed by atoms with Gasteiger partial charge < -0.3 is 5.11 Å². The number of hydrogen-bond donors (Lipinski definition) is 1. The van der Waals surface area contributed by atoms with E-state index in [1.165, 1.54) is 6.07 Å². The first-order chi connectivity index (χ1) is 9.96. The number of aliphatic hydroxyl groups excluding tert-OH is 1. The lowest BCUT2D eigenvalue weighted by atomic mass is 9.81. The molecule has 0 aliphatic carbocycles. The Bertz CT molecular complexity index is 444. The van der Waals surface area contributed by atoms with Crippen molar-refractivity contribution in [2.75, 3.05) is 13.1 Å². The highest BCUT2D eigenvalue weighted by Gasteiger charge is 2.39. The number of benzene rings is 1. The average Bonchev–Trinajstić information content (AvgIpc) is 2.49. The first kappa shape index (κ1) is 18.4. The summed E-state index contributed by atoms with van der Waals surface area (Å²) in [5.41, 5.74) is 0.377. The zero-order valence-corrected chi connectivity index (χ0v) is 14.3. The minimum Gasteiger partial charge on any atom is -0.391 e. The molecule has 1 rings (SSSR count). The molecule has 1 unspecified atom stereocenters. The fourth-order valence-electron chi connectivity index (χ4n) is 3.34. The molecule has 1 aromatic rings. The van der Waals surface area contributed by atoms with E-state index in [1.54, 1.807) is 12.1 Å². The summed E-state index contributed by atoms with van der Waals surface area (Å²) in [4.78, 5) is 2.30. The molecule has 1 aromatic carbocycles. The zero-order valence-electron chi connectivity index (χ0n) is 13.5. The zero-order chi connectivity index (χ0) is 16.0. The van der Waals surface area contributed by atoms with Crippen LogP contribution in [0.4, 0.5) is 4.39 Å². The van der Waals surface area contributed by atoms with Gasteiger partial charge in [0.15, 0.2) is 0 Å². The molecule has 21 heavy (non-hydrogen) atoms. The van der Waals surface area contributed by atoms with E-state index in [-0.39, 0.29) is 10.6 Å². The monoisotopic (exact) mass is 315 g/mol. The van der Waals surface area contributed by atoms with Crippen LogP contribution >= 0.6 is 11.6 Å². The smallest absolute Gasteiger partial charge is 0.142 e. The molecule has 0 heterocycles. The summed E-state index contributed by atoms with van der Waals surface area (Å²) >= 11 is 6.02. The fourth-order valence-corrected chi connectivity index (χ4v) is 3.54. The maximum absolute atomic E-state index is 13.6. The van der Waals surface area contributed by atoms with Gasteiger partial charge in [0.1, 0.15) is 5.82 Å². The second-order valence-electron chi connectivity index (χ2n) is 5.42. The van der Waals surface area contributed by atoms with E-state index >= 15 is 0 Å². The molecule has 0 radical (unpaired) electrons. The Morgan fingerprint density at radius 1 is 1.19 bits per heavy atom. The Balaban J connectivity index is 3.06. The predicted octanol–water partition coefficient (Wildman–Crippen LogP) is 4.28. The van der Waals surface area contributed by atoms with Gasteiger partial charge in [0.25, 0.3) is 0 Å². The van der Waals surface area contributed by atoms with Gasteiger partial charge in [0.05, 0.1) is 11.1 Å². The van der Waals surface area contributed by atoms with Gasteiger partial charge in [-0.1, -0.05) is 51.4 Å². The second-order valence-corrected chi connectivity index (χ2v) is 5.79. The fraction of sp³-hybridized carbons (Fsp3) is 0.647. The highest BCUT2D eigenvalue weighted by molar-refractivity contribution is 6.31. The third kappa shape index (κ3) is 3.77. The van der Waals surface area contributed by atoms with Crippen LogP contribution in [0.15, 0.2) is 18.2 Å². The van der Waals surface area contributed by atoms with Crippen LogP contribution in [-0.2, 0) is 6.42 Å². The average molecular weight is 316 g/mol. The lowest BCUT2D eigenvalue weighted by Crippen LogP contribution is -2.56. The summed E-state index contributed by atoms with van der Waals surface area (Å²) in [6.45, 7) is 10.2. The number of halogens is 2. The Morgan fingerprint density at radius 3 is 2.24 bits per heavy atom. The molecule has 1 atom stereocenters. The van der Waals surface area contributed by atoms with Crippen LogP contribution in [0.25, 0.3) is 0 Å². The van der Waals surface area contributed by atoms with Crippen molar-refractivity contribution < 1.29 is 9.50 Å². The number of nitrogens with zero attached hydrogens (tertiary/aromatic N) is 1. The molecule has 0 aromatic heterocycles. The van der Waals surface area contributed by atoms with Crippen LogP contribution in [0.5, 0.6) is 0 Å². The first-order valence-corrected chi connectivity index (χ1v) is 8.20. The molecule has 0 aliphatic heterocycles. The molecule has 4 heteroatoms. The number of likely N-dealkylation sites (N-methyl/N-ethyl adjacent to an activating group) is 1. The van der Waals surface area contributed by atoms with E-state index in [1.807, 2.05) is 0 Å². The summed E-state index contributed by atoms with van der Waals surface area (Å²) in [6.07, 6.45) is 1.49. The summed E-state index contributed by atoms with van der Waals surface area (Å²) in [5.74, 6) is -0.428. The molecule has 0 aliphatic rings. The number of aliphatic hydroxyl groups is 1. The third-order valence-electron chi connectivity index (χ3n) is 4.68. The van der Waals surface area contributed by atoms with Crippen LogP contribution in [0.2, 0.25) is 5.02 Å². The maximum atomic E-state index is 13.6. The molecule has 1 N–H and O–H groups in total. The first-order valence-electron chi connectivity index (χ1n) is 7.82. The van der Waals surface area contributed by atoms with E-state index in [0.717, 1.165) is 25.9 Å². The Labute approximate surface area is 132 Å². The van der Waals surface area contributed by atoms with E-state index in [9.17, 15) is 9.50 Å². The van der Waals surface area contributed by atoms with Crippen molar-refractivity contribution in [3.05, 3.63) is 34.6 Å². The molecular weight excluding hydrogens is 289 g/mol. The van der Waals surface area contributed by atoms with Crippen molar-refractivity contribution in [3.8, 4) is 0 Å². The summed E-state index contributed by atoms with van der Waals surface area (Å²) in [5, 5.41) is 11.0. The van der Waals surface area contributed by atoms with Gasteiger partial charge in [0, 0.05) is 12.0 Å². The van der Waals surface area contributed by atoms with E-state index in [0.29, 0.717) is 12.0 Å². The van der Waals surface area contributed by atoms with Crippen molar-refractivity contribution in [1.29, 1.82) is 0 Å². The van der Waals surface area contributed by atoms with Crippen molar-refractivity contribution >= 4 is 11.6 Å². The van der Waals surface area contributed by atoms with Crippen LogP contribution < -0.4 is 0 Å². The van der Waals surface area contributed by atoms with Crippen LogP contribution in [0.3, 0.4) is 0 Å². The molecule has 120 valence electrons. The van der Waals surface area contributed by atoms with Gasteiger partial charge in [-0.15, -0.1) is 0 Å². The minimum atomic E-state index is -0.577. The standard InChI is InChI=1S/C17H27ClFNO/c1-5-17(6-2,20(7-3)8-4)15(21)12-13-10-9-11-14(19)16(13)18/h9-11,15,21H,5-8,12H2,1-4H3. The summed E-state index contributed by atoms with van der Waals surface area (Å²) < 4.78 is 13.6. The minimum absolute atomic E-state index is 0.122.